The number of carbonyl (C=O) groups excluding carboxylic acids is 2. The Hall–Kier alpha value is -2.70. The Morgan fingerprint density at radius 2 is 1.97 bits per heavy atom. The van der Waals surface area contributed by atoms with E-state index in [1.54, 1.807) is 0 Å². The third-order valence-corrected chi connectivity index (χ3v) is 6.58. The van der Waals surface area contributed by atoms with Gasteiger partial charge in [0.2, 0.25) is 0 Å². The van der Waals surface area contributed by atoms with Crippen LogP contribution in [-0.2, 0) is 22.4 Å². The summed E-state index contributed by atoms with van der Waals surface area (Å²) in [5, 5.41) is 3.83. The summed E-state index contributed by atoms with van der Waals surface area (Å²) in [7, 11) is 0. The molecular formula is C25H25Cl2N3O3. The van der Waals surface area contributed by atoms with E-state index in [0.29, 0.717) is 16.5 Å². The minimum absolute atomic E-state index is 0.106. The second kappa shape index (κ2) is 9.27. The average Bonchev–Trinajstić information content (AvgIpc) is 2.76. The van der Waals surface area contributed by atoms with Crippen LogP contribution in [0.25, 0.3) is 10.9 Å². The lowest BCUT2D eigenvalue weighted by atomic mass is 9.70. The van der Waals surface area contributed by atoms with Crippen LogP contribution in [-0.4, -0.2) is 28.5 Å². The molecule has 2 heterocycles. The molecule has 1 atom stereocenters. The fraction of sp³-hybridized carbons (Fsp3) is 0.360. The maximum absolute atomic E-state index is 13.3. The number of amides is 1. The number of para-hydroxylation sites is 1. The van der Waals surface area contributed by atoms with E-state index in [9.17, 15) is 9.59 Å². The van der Waals surface area contributed by atoms with Gasteiger partial charge >= 0.3 is 5.97 Å². The summed E-state index contributed by atoms with van der Waals surface area (Å²) < 4.78 is 5.45. The van der Waals surface area contributed by atoms with Crippen molar-refractivity contribution in [2.45, 2.75) is 40.0 Å². The average molecular weight is 486 g/mol. The number of fused-ring (bicyclic) bond motifs is 2. The molecule has 0 bridgehead atoms. The van der Waals surface area contributed by atoms with Gasteiger partial charge in [0.05, 0.1) is 21.1 Å². The minimum Gasteiger partial charge on any atom is -0.452 e. The zero-order valence-electron chi connectivity index (χ0n) is 18.7. The molecule has 8 heteroatoms. The summed E-state index contributed by atoms with van der Waals surface area (Å²) in [6, 6.07) is 9.01. The van der Waals surface area contributed by atoms with Crippen LogP contribution >= 0.6 is 23.2 Å². The van der Waals surface area contributed by atoms with Crippen LogP contribution in [0.3, 0.4) is 0 Å². The lowest BCUT2D eigenvalue weighted by Gasteiger charge is -2.35. The number of pyridine rings is 2. The number of esters is 1. The second-order valence-corrected chi connectivity index (χ2v) is 10.2. The molecule has 1 aliphatic carbocycles. The number of rotatable bonds is 4. The van der Waals surface area contributed by atoms with E-state index in [1.165, 1.54) is 12.3 Å². The van der Waals surface area contributed by atoms with E-state index < -0.39 is 18.5 Å². The van der Waals surface area contributed by atoms with Gasteiger partial charge in [-0.15, -0.1) is 0 Å². The van der Waals surface area contributed by atoms with E-state index in [1.807, 2.05) is 24.3 Å². The van der Waals surface area contributed by atoms with Gasteiger partial charge in [0, 0.05) is 17.3 Å². The van der Waals surface area contributed by atoms with Crippen LogP contribution in [0, 0.1) is 11.3 Å². The first kappa shape index (κ1) is 23.5. The first-order chi connectivity index (χ1) is 15.6. The van der Waals surface area contributed by atoms with Crippen molar-refractivity contribution in [3.8, 4) is 0 Å². The highest BCUT2D eigenvalue weighted by Crippen LogP contribution is 2.39. The molecule has 0 radical (unpaired) electrons. The number of carbonyl (C=O) groups is 2. The van der Waals surface area contributed by atoms with Crippen molar-refractivity contribution in [1.82, 2.24) is 9.97 Å². The lowest BCUT2D eigenvalue weighted by Crippen LogP contribution is -2.29. The van der Waals surface area contributed by atoms with Gasteiger partial charge in [-0.2, -0.15) is 0 Å². The topological polar surface area (TPSA) is 81.2 Å². The van der Waals surface area contributed by atoms with E-state index >= 15 is 0 Å². The van der Waals surface area contributed by atoms with Gasteiger partial charge in [-0.05, 0) is 48.3 Å². The number of hydrogen-bond acceptors (Lipinski definition) is 5. The Morgan fingerprint density at radius 3 is 2.70 bits per heavy atom. The number of nitrogens with one attached hydrogen (secondary N) is 1. The van der Waals surface area contributed by atoms with E-state index in [0.717, 1.165) is 41.4 Å². The van der Waals surface area contributed by atoms with Crippen molar-refractivity contribution in [3.05, 3.63) is 63.4 Å². The molecule has 1 aromatic carbocycles. The van der Waals surface area contributed by atoms with Crippen LogP contribution < -0.4 is 5.32 Å². The Bertz CT molecular complexity index is 1240. The number of benzene rings is 1. The number of ether oxygens (including phenoxy) is 1. The number of nitrogens with zero attached hydrogens (tertiary/aromatic N) is 2. The third kappa shape index (κ3) is 5.12. The molecule has 4 rings (SSSR count). The van der Waals surface area contributed by atoms with Crippen molar-refractivity contribution < 1.29 is 14.3 Å². The number of anilines is 1. The summed E-state index contributed by atoms with van der Waals surface area (Å²) in [5.41, 5.74) is 3.21. The van der Waals surface area contributed by atoms with Gasteiger partial charge in [-0.1, -0.05) is 62.2 Å². The SMILES string of the molecule is CC(C)(C)[C@@H]1CCc2nc3ccccc3c(C(=O)OCC(=O)Nc3ncc(Cl)cc3Cl)c2C1. The van der Waals surface area contributed by atoms with Crippen molar-refractivity contribution >= 4 is 51.8 Å². The smallest absolute Gasteiger partial charge is 0.339 e. The molecule has 1 aliphatic rings. The predicted molar refractivity (Wildman–Crippen MR) is 130 cm³/mol. The minimum atomic E-state index is -0.542. The summed E-state index contributed by atoms with van der Waals surface area (Å²) in [6.07, 6.45) is 3.95. The van der Waals surface area contributed by atoms with Gasteiger partial charge in [0.1, 0.15) is 0 Å². The highest BCUT2D eigenvalue weighted by Gasteiger charge is 2.33. The van der Waals surface area contributed by atoms with E-state index in [-0.39, 0.29) is 16.3 Å². The zero-order chi connectivity index (χ0) is 23.8. The molecule has 0 saturated heterocycles. The Kier molecular flexibility index (Phi) is 6.59. The second-order valence-electron chi connectivity index (χ2n) is 9.34. The number of hydrogen-bond donors (Lipinski definition) is 1. The molecule has 0 aliphatic heterocycles. The Balaban J connectivity index is 1.59. The highest BCUT2D eigenvalue weighted by atomic mass is 35.5. The predicted octanol–water partition coefficient (Wildman–Crippen LogP) is 5.88. The Morgan fingerprint density at radius 1 is 1.21 bits per heavy atom. The summed E-state index contributed by atoms with van der Waals surface area (Å²) >= 11 is 11.9. The fourth-order valence-corrected chi connectivity index (χ4v) is 4.67. The quantitative estimate of drug-likeness (QED) is 0.466. The summed E-state index contributed by atoms with van der Waals surface area (Å²) in [6.45, 7) is 6.19. The maximum Gasteiger partial charge on any atom is 0.339 e. The molecular weight excluding hydrogens is 461 g/mol. The molecule has 3 aromatic rings. The molecule has 6 nitrogen and oxygen atoms in total. The molecule has 172 valence electrons. The summed E-state index contributed by atoms with van der Waals surface area (Å²) in [5.74, 6) is -0.507. The summed E-state index contributed by atoms with van der Waals surface area (Å²) in [4.78, 5) is 34.5. The maximum atomic E-state index is 13.3. The van der Waals surface area contributed by atoms with E-state index in [4.69, 9.17) is 32.9 Å². The van der Waals surface area contributed by atoms with E-state index in [2.05, 4.69) is 31.1 Å². The van der Waals surface area contributed by atoms with Crippen LogP contribution in [0.5, 0.6) is 0 Å². The third-order valence-electron chi connectivity index (χ3n) is 6.09. The van der Waals surface area contributed by atoms with Gasteiger partial charge in [-0.25, -0.2) is 9.78 Å². The molecule has 1 amide bonds. The van der Waals surface area contributed by atoms with Gasteiger partial charge in [0.25, 0.3) is 5.91 Å². The Labute approximate surface area is 202 Å². The van der Waals surface area contributed by atoms with Gasteiger partial charge in [0.15, 0.2) is 12.4 Å². The number of halogens is 2. The first-order valence-corrected chi connectivity index (χ1v) is 11.6. The number of aryl methyl sites for hydroxylation is 1. The van der Waals surface area contributed by atoms with Crippen LogP contribution in [0.15, 0.2) is 36.5 Å². The van der Waals surface area contributed by atoms with Gasteiger partial charge in [-0.3, -0.25) is 9.78 Å². The molecule has 2 aromatic heterocycles. The fourth-order valence-electron chi connectivity index (χ4n) is 4.24. The molecule has 0 spiro atoms. The first-order valence-electron chi connectivity index (χ1n) is 10.8. The molecule has 33 heavy (non-hydrogen) atoms. The molecule has 1 N–H and O–H groups in total. The number of aromatic nitrogens is 2. The van der Waals surface area contributed by atoms with Crippen molar-refractivity contribution in [1.29, 1.82) is 0 Å². The monoisotopic (exact) mass is 485 g/mol. The van der Waals surface area contributed by atoms with Crippen molar-refractivity contribution in [2.75, 3.05) is 11.9 Å². The molecule has 0 saturated carbocycles. The van der Waals surface area contributed by atoms with Crippen molar-refractivity contribution in [3.63, 3.8) is 0 Å². The van der Waals surface area contributed by atoms with Gasteiger partial charge < -0.3 is 10.1 Å². The highest BCUT2D eigenvalue weighted by molar-refractivity contribution is 6.36. The largest absolute Gasteiger partial charge is 0.452 e. The lowest BCUT2D eigenvalue weighted by molar-refractivity contribution is -0.119. The molecule has 0 unspecified atom stereocenters. The molecule has 0 fully saturated rings. The zero-order valence-corrected chi connectivity index (χ0v) is 20.3. The van der Waals surface area contributed by atoms with Crippen LogP contribution in [0.2, 0.25) is 10.0 Å². The van der Waals surface area contributed by atoms with Crippen molar-refractivity contribution in [2.24, 2.45) is 11.3 Å². The normalized spacial score (nSPS) is 15.7. The van der Waals surface area contributed by atoms with Crippen LogP contribution in [0.1, 0.15) is 48.8 Å². The standard InChI is InChI=1S/C25H25Cl2N3O3/c1-25(2,3)14-8-9-20-17(10-14)22(16-6-4-5-7-19(16)29-20)24(32)33-13-21(31)30-23-18(27)11-15(26)12-28-23/h4-7,11-12,14H,8-10,13H2,1-3H3,(H,28,30,31)/t14-/m1/s1. The van der Waals surface area contributed by atoms with Crippen LogP contribution in [0.4, 0.5) is 5.82 Å².